The van der Waals surface area contributed by atoms with Crippen LogP contribution in [0.2, 0.25) is 0 Å². The summed E-state index contributed by atoms with van der Waals surface area (Å²) in [5.41, 5.74) is 0.995. The van der Waals surface area contributed by atoms with Crippen molar-refractivity contribution in [3.63, 3.8) is 0 Å². The van der Waals surface area contributed by atoms with Crippen molar-refractivity contribution >= 4 is 5.97 Å². The minimum Gasteiger partial charge on any atom is -0.458 e. The van der Waals surface area contributed by atoms with E-state index in [2.05, 4.69) is 13.8 Å². The highest BCUT2D eigenvalue weighted by Gasteiger charge is 2.53. The van der Waals surface area contributed by atoms with E-state index < -0.39 is 182 Å². The zero-order valence-electron chi connectivity index (χ0n) is 59.4. The van der Waals surface area contributed by atoms with E-state index in [1.54, 1.807) is 106 Å². The van der Waals surface area contributed by atoms with E-state index in [0.717, 1.165) is 12.8 Å². The van der Waals surface area contributed by atoms with Crippen LogP contribution in [-0.2, 0) is 23.7 Å². The number of hydrogen-bond acceptors (Lipinski definition) is 23. The Bertz CT molecular complexity index is 2260. The number of cyclic esters (lactones) is 1. The Labute approximate surface area is 567 Å². The standard InChI is InChI=1S/C72H131NO22/c1-40(2)19-16-21-50-33-43(5)62(85)36-52(75)23-18-26-57(80)45(7)56(79)24-15-14-20-42(4)67(87)47(9)63-38-64(94-71-70(90)66(73(12)13)68(88)49(11)93-71)48(10)72(91,95-63)39-65(86)92-44(6)28-29-53(76)34-51(74)22-17-25-58(81)46(8)59(82)31-27-41(3)61(84)37-55(78)35-54(77)30-32-60(83)69(50)89/h14-15,20,28-29,33,40-41,44-64,66-71,74-85,87-91H,16-19,21-27,30-32,34-39H2,1-13H3/b15-14+,29-28+,42-20+,43-33+/t41-,44?,45-,46+,47+,48+,49+,50?,51-,52+,53+,54+,55-,56+,57-,58-,59+,60?,61+,62-,63-,64-,66-,67+,68+,69+,70+,71?,72?/m0/s1. The van der Waals surface area contributed by atoms with Crippen molar-refractivity contribution < 1.29 is 111 Å². The Morgan fingerprint density at radius 2 is 1.19 bits per heavy atom. The lowest BCUT2D eigenvalue weighted by molar-refractivity contribution is -0.351. The molecule has 0 aromatic carbocycles. The Balaban J connectivity index is 1.86. The van der Waals surface area contributed by atoms with E-state index in [1.165, 1.54) is 12.2 Å². The molecule has 3 aliphatic heterocycles. The summed E-state index contributed by atoms with van der Waals surface area (Å²) < 4.78 is 24.5. The van der Waals surface area contributed by atoms with Gasteiger partial charge >= 0.3 is 5.97 Å². The number of hydrogen-bond donors (Lipinski definition) is 17. The molecule has 95 heavy (non-hydrogen) atoms. The highest BCUT2D eigenvalue weighted by atomic mass is 16.7. The summed E-state index contributed by atoms with van der Waals surface area (Å²) in [7, 11) is 3.40. The van der Waals surface area contributed by atoms with Gasteiger partial charge in [-0.25, -0.2) is 0 Å². The molecule has 3 aliphatic rings. The maximum absolute atomic E-state index is 13.7. The van der Waals surface area contributed by atoms with Crippen LogP contribution < -0.4 is 0 Å². The fraction of sp³-hybridized carbons (Fsp3) is 0.875. The molecule has 5 unspecified atom stereocenters. The quantitative estimate of drug-likeness (QED) is 0.126. The number of esters is 1. The average Bonchev–Trinajstić information content (AvgIpc) is 0.788. The summed E-state index contributed by atoms with van der Waals surface area (Å²) in [5, 5.41) is 190. The van der Waals surface area contributed by atoms with Crippen molar-refractivity contribution in [1.29, 1.82) is 0 Å². The fourth-order valence-corrected chi connectivity index (χ4v) is 13.4. The largest absolute Gasteiger partial charge is 0.458 e. The number of aliphatic hydroxyl groups excluding tert-OH is 16. The second-order valence-corrected chi connectivity index (χ2v) is 29.6. The van der Waals surface area contributed by atoms with Gasteiger partial charge in [-0.05, 0) is 161 Å². The van der Waals surface area contributed by atoms with Crippen LogP contribution in [-0.4, -0.2) is 252 Å². The number of carbonyl (C=O) groups excluding carboxylic acids is 1. The number of aliphatic hydroxyl groups is 17. The number of fused-ring (bicyclic) bond motifs is 2. The summed E-state index contributed by atoms with van der Waals surface area (Å²) in [6.07, 6.45) is -8.64. The van der Waals surface area contributed by atoms with Crippen molar-refractivity contribution in [2.24, 2.45) is 41.4 Å². The van der Waals surface area contributed by atoms with E-state index >= 15 is 0 Å². The van der Waals surface area contributed by atoms with Gasteiger partial charge in [-0.2, -0.15) is 0 Å². The molecule has 2 fully saturated rings. The first-order valence-electron chi connectivity index (χ1n) is 35.5. The smallest absolute Gasteiger partial charge is 0.311 e. The highest BCUT2D eigenvalue weighted by molar-refractivity contribution is 5.71. The summed E-state index contributed by atoms with van der Waals surface area (Å²) in [4.78, 5) is 15.4. The highest BCUT2D eigenvalue weighted by Crippen LogP contribution is 2.42. The number of allylic oxidation sites excluding steroid dienone is 2. The second-order valence-electron chi connectivity index (χ2n) is 29.6. The first-order chi connectivity index (χ1) is 44.4. The van der Waals surface area contributed by atoms with Gasteiger partial charge in [0.25, 0.3) is 0 Å². The van der Waals surface area contributed by atoms with Crippen molar-refractivity contribution in [1.82, 2.24) is 4.90 Å². The number of likely N-dealkylation sites (N-methyl/N-ethyl adjacent to an activating group) is 1. The molecule has 0 radical (unpaired) electrons. The summed E-state index contributed by atoms with van der Waals surface area (Å²) >= 11 is 0. The Morgan fingerprint density at radius 1 is 0.611 bits per heavy atom. The van der Waals surface area contributed by atoms with Crippen LogP contribution in [0.5, 0.6) is 0 Å². The van der Waals surface area contributed by atoms with E-state index in [-0.39, 0.29) is 89.4 Å². The molecule has 0 saturated carbocycles. The molecule has 2 bridgehead atoms. The molecular weight excluding hydrogens is 1230 g/mol. The predicted octanol–water partition coefficient (Wildman–Crippen LogP) is 4.11. The maximum Gasteiger partial charge on any atom is 0.311 e. The van der Waals surface area contributed by atoms with Gasteiger partial charge in [-0.1, -0.05) is 91.7 Å². The zero-order valence-corrected chi connectivity index (χ0v) is 59.4. The van der Waals surface area contributed by atoms with E-state index in [9.17, 15) is 91.6 Å². The third-order valence-electron chi connectivity index (χ3n) is 20.6. The topological polar surface area (TPSA) is 401 Å². The molecule has 0 aliphatic carbocycles. The molecule has 0 aromatic rings. The van der Waals surface area contributed by atoms with Gasteiger partial charge in [0.05, 0.1) is 122 Å². The first kappa shape index (κ1) is 86.8. The number of nitrogens with zero attached hydrogens (tertiary/aromatic N) is 1. The molecule has 23 heteroatoms. The van der Waals surface area contributed by atoms with Gasteiger partial charge < -0.3 is 111 Å². The third-order valence-corrected chi connectivity index (χ3v) is 20.6. The summed E-state index contributed by atoms with van der Waals surface area (Å²) in [6.45, 7) is 19.3. The van der Waals surface area contributed by atoms with E-state index in [1.807, 2.05) is 0 Å². The van der Waals surface area contributed by atoms with Gasteiger partial charge in [0.15, 0.2) is 12.1 Å². The normalized spacial score (nSPS) is 44.8. The first-order valence-corrected chi connectivity index (χ1v) is 35.5. The van der Waals surface area contributed by atoms with Gasteiger partial charge in [-0.3, -0.25) is 4.79 Å². The lowest BCUT2D eigenvalue weighted by atomic mass is 9.80. The van der Waals surface area contributed by atoms with Crippen LogP contribution >= 0.6 is 0 Å². The van der Waals surface area contributed by atoms with E-state index in [0.29, 0.717) is 42.7 Å². The minimum atomic E-state index is -2.26. The average molecular weight is 1360 g/mol. The van der Waals surface area contributed by atoms with Gasteiger partial charge in [0, 0.05) is 48.9 Å². The monoisotopic (exact) mass is 1360 g/mol. The fourth-order valence-electron chi connectivity index (χ4n) is 13.4. The summed E-state index contributed by atoms with van der Waals surface area (Å²) in [5.74, 6) is -6.50. The predicted molar refractivity (Wildman–Crippen MR) is 360 cm³/mol. The van der Waals surface area contributed by atoms with Crippen molar-refractivity contribution in [3.05, 3.63) is 47.6 Å². The van der Waals surface area contributed by atoms with Crippen LogP contribution in [0.3, 0.4) is 0 Å². The van der Waals surface area contributed by atoms with Crippen LogP contribution in [0.25, 0.3) is 0 Å². The second kappa shape index (κ2) is 42.8. The van der Waals surface area contributed by atoms with Crippen molar-refractivity contribution in [3.8, 4) is 0 Å². The molecule has 23 nitrogen and oxygen atoms in total. The molecule has 0 spiro atoms. The van der Waals surface area contributed by atoms with Gasteiger partial charge in [0.1, 0.15) is 12.2 Å². The van der Waals surface area contributed by atoms with Crippen LogP contribution in [0.4, 0.5) is 0 Å². The number of rotatable bonds is 7. The SMILES string of the molecule is C/C1=C\C=C\C[C@@H](O)[C@H](C)[C@@H](O)CCC[C@@H](O)C[C@H](O)/C(C)=C/C(CCCC(C)C)[C@@H](O)C(O)CC[C@@H](O)C[C@H](O)C[C@@H](O)[C@@H](C)CC[C@@H](O)[C@H](C)[C@@H](O)CCC[C@H](O)C[C@H](O)/C=C/C(C)OC(=O)CC2(O)O[C@@H](C[C@H](OC3O[C@H](C)[C@@H](O)[C@H](N(C)C)[C@H]3O)[C@H]2C)[C@@H](C)[C@@H]1O. The van der Waals surface area contributed by atoms with Crippen LogP contribution in [0, 0.1) is 41.4 Å². The molecule has 2 saturated heterocycles. The number of ether oxygens (including phenoxy) is 4. The third kappa shape index (κ3) is 29.6. The molecule has 556 valence electrons. The Morgan fingerprint density at radius 3 is 1.80 bits per heavy atom. The lowest BCUT2D eigenvalue weighted by Crippen LogP contribution is -2.64. The molecular formula is C72H131NO22. The maximum atomic E-state index is 13.7. The Hall–Kier alpha value is -2.41. The molecule has 0 aromatic heterocycles. The lowest BCUT2D eigenvalue weighted by Gasteiger charge is -2.50. The molecule has 3 rings (SSSR count). The van der Waals surface area contributed by atoms with E-state index in [4.69, 9.17) is 18.9 Å². The van der Waals surface area contributed by atoms with Gasteiger partial charge in [0.2, 0.25) is 0 Å². The Kier molecular flexibility index (Phi) is 39.1. The molecule has 0 amide bonds. The van der Waals surface area contributed by atoms with Crippen molar-refractivity contribution in [2.75, 3.05) is 14.1 Å². The van der Waals surface area contributed by atoms with Gasteiger partial charge in [-0.15, -0.1) is 0 Å². The zero-order chi connectivity index (χ0) is 71.8. The van der Waals surface area contributed by atoms with Crippen LogP contribution in [0.1, 0.15) is 205 Å². The van der Waals surface area contributed by atoms with Crippen LogP contribution in [0.15, 0.2) is 47.6 Å². The van der Waals surface area contributed by atoms with Crippen molar-refractivity contribution in [2.45, 2.75) is 345 Å². The molecule has 3 heterocycles. The molecule has 17 N–H and O–H groups in total. The summed E-state index contributed by atoms with van der Waals surface area (Å²) in [6, 6.07) is -0.781. The number of carbonyl (C=O) groups is 1. The minimum absolute atomic E-state index is 0.00761. The molecule has 29 atom stereocenters.